The minimum Gasteiger partial charge on any atom is -0.344 e. The number of aromatic nitrogens is 3. The van der Waals surface area contributed by atoms with Gasteiger partial charge in [-0.15, -0.1) is 0 Å². The third-order valence-electron chi connectivity index (χ3n) is 6.11. The Kier molecular flexibility index (Phi) is 6.11. The molecular weight excluding hydrogens is 398 g/mol. The molecule has 3 atom stereocenters. The number of pyridine rings is 1. The first-order valence-electron chi connectivity index (χ1n) is 10.8. The molecule has 0 bridgehead atoms. The summed E-state index contributed by atoms with van der Waals surface area (Å²) in [5, 5.41) is 6.91. The van der Waals surface area contributed by atoms with Crippen LogP contribution in [0.3, 0.4) is 0 Å². The maximum absolute atomic E-state index is 12.6. The maximum atomic E-state index is 12.6. The van der Waals surface area contributed by atoms with Gasteiger partial charge < -0.3 is 9.84 Å². The summed E-state index contributed by atoms with van der Waals surface area (Å²) in [7, 11) is 0. The molecule has 1 aliphatic carbocycles. The second-order valence-corrected chi connectivity index (χ2v) is 8.56. The van der Waals surface area contributed by atoms with Crippen molar-refractivity contribution in [2.24, 2.45) is 17.8 Å². The molecule has 1 aliphatic heterocycles. The predicted octanol–water partition coefficient (Wildman–Crippen LogP) is 2.51. The number of amides is 3. The van der Waals surface area contributed by atoms with Crippen molar-refractivity contribution in [3.05, 3.63) is 30.4 Å². The molecule has 2 aliphatic rings. The number of carbonyl (C=O) groups excluding carboxylic acids is 3. The zero-order chi connectivity index (χ0) is 22.0. The fourth-order valence-electron chi connectivity index (χ4n) is 4.40. The molecule has 2 aromatic heterocycles. The largest absolute Gasteiger partial charge is 0.344 e. The fraction of sp³-hybridized carbons (Fsp3) is 0.545. The lowest BCUT2D eigenvalue weighted by Crippen LogP contribution is -2.37. The maximum Gasteiger partial charge on any atom is 0.249 e. The van der Waals surface area contributed by atoms with Crippen LogP contribution in [0.2, 0.25) is 0 Å². The molecule has 1 saturated carbocycles. The third-order valence-corrected chi connectivity index (χ3v) is 6.11. The third kappa shape index (κ3) is 4.35. The van der Waals surface area contributed by atoms with Crippen LogP contribution < -0.4 is 5.32 Å². The summed E-state index contributed by atoms with van der Waals surface area (Å²) in [5.41, 5.74) is 0.721. The summed E-state index contributed by atoms with van der Waals surface area (Å²) >= 11 is 0. The molecule has 1 N–H and O–H groups in total. The number of likely N-dealkylation sites (tertiary alicyclic amines) is 1. The number of fused-ring (bicyclic) bond motifs is 1. The van der Waals surface area contributed by atoms with E-state index in [0.29, 0.717) is 11.7 Å². The molecule has 0 radical (unpaired) electrons. The molecule has 31 heavy (non-hydrogen) atoms. The van der Waals surface area contributed by atoms with Crippen LogP contribution in [0.4, 0.5) is 0 Å². The Hall–Kier alpha value is -3.10. The van der Waals surface area contributed by atoms with E-state index in [-0.39, 0.29) is 48.4 Å². The molecule has 9 heteroatoms. The molecule has 2 aromatic rings. The van der Waals surface area contributed by atoms with Gasteiger partial charge in [0.05, 0.1) is 11.8 Å². The quantitative estimate of drug-likeness (QED) is 0.677. The lowest BCUT2D eigenvalue weighted by molar-refractivity contribution is -0.140. The zero-order valence-corrected chi connectivity index (χ0v) is 17.8. The number of imide groups is 1. The lowest BCUT2D eigenvalue weighted by Gasteiger charge is -2.20. The standard InChI is InChI=1S/C22H27N5O4/c1-13(2)18(20-25-19(26-31-20)14-6-5-10-23-12-14)24-17(28)9-11-27-21(29)15-7-3-4-8-16(15)22(27)30/h5-6,10,12-13,15-16,18H,3-4,7-9,11H2,1-2H3,(H,24,28)/t15-,16-,18+/m1/s1. The Morgan fingerprint density at radius 1 is 1.23 bits per heavy atom. The Balaban J connectivity index is 1.38. The van der Waals surface area contributed by atoms with Gasteiger partial charge in [0.15, 0.2) is 0 Å². The first-order valence-corrected chi connectivity index (χ1v) is 10.8. The second-order valence-electron chi connectivity index (χ2n) is 8.56. The summed E-state index contributed by atoms with van der Waals surface area (Å²) in [6, 6.07) is 3.13. The smallest absolute Gasteiger partial charge is 0.249 e. The molecule has 2 fully saturated rings. The minimum absolute atomic E-state index is 0.00377. The first-order chi connectivity index (χ1) is 15.0. The van der Waals surface area contributed by atoms with Gasteiger partial charge in [-0.2, -0.15) is 4.98 Å². The Bertz CT molecular complexity index is 934. The predicted molar refractivity (Wildman–Crippen MR) is 110 cm³/mol. The van der Waals surface area contributed by atoms with Gasteiger partial charge in [0.2, 0.25) is 29.4 Å². The summed E-state index contributed by atoms with van der Waals surface area (Å²) in [6.45, 7) is 3.99. The van der Waals surface area contributed by atoms with Crippen LogP contribution in [0.15, 0.2) is 29.0 Å². The number of carbonyl (C=O) groups is 3. The molecule has 164 valence electrons. The normalized spacial score (nSPS) is 22.0. The molecule has 4 rings (SSSR count). The summed E-state index contributed by atoms with van der Waals surface area (Å²) in [4.78, 5) is 47.5. The zero-order valence-electron chi connectivity index (χ0n) is 17.8. The number of nitrogens with zero attached hydrogens (tertiary/aromatic N) is 4. The fourth-order valence-corrected chi connectivity index (χ4v) is 4.40. The number of hydrogen-bond donors (Lipinski definition) is 1. The van der Waals surface area contributed by atoms with Crippen molar-refractivity contribution in [1.82, 2.24) is 25.3 Å². The van der Waals surface area contributed by atoms with Gasteiger partial charge in [-0.05, 0) is 30.9 Å². The van der Waals surface area contributed by atoms with E-state index in [9.17, 15) is 14.4 Å². The van der Waals surface area contributed by atoms with Crippen molar-refractivity contribution >= 4 is 17.7 Å². The van der Waals surface area contributed by atoms with E-state index in [1.54, 1.807) is 18.5 Å². The molecule has 0 spiro atoms. The van der Waals surface area contributed by atoms with Gasteiger partial charge in [0.1, 0.15) is 6.04 Å². The first kappa shape index (κ1) is 21.1. The molecule has 3 heterocycles. The van der Waals surface area contributed by atoms with E-state index in [2.05, 4.69) is 20.4 Å². The van der Waals surface area contributed by atoms with Crippen LogP contribution in [0.1, 0.15) is 57.9 Å². The monoisotopic (exact) mass is 425 g/mol. The van der Waals surface area contributed by atoms with Crippen molar-refractivity contribution in [2.45, 2.75) is 52.0 Å². The van der Waals surface area contributed by atoms with Gasteiger partial charge in [-0.3, -0.25) is 24.3 Å². The van der Waals surface area contributed by atoms with Gasteiger partial charge in [0, 0.05) is 30.9 Å². The SMILES string of the molecule is CC(C)[C@H](NC(=O)CCN1C(=O)[C@@H]2CCCC[C@H]2C1=O)c1nc(-c2cccnc2)no1. The van der Waals surface area contributed by atoms with Gasteiger partial charge in [0.25, 0.3) is 0 Å². The molecule has 9 nitrogen and oxygen atoms in total. The molecule has 3 amide bonds. The van der Waals surface area contributed by atoms with Crippen LogP contribution >= 0.6 is 0 Å². The van der Waals surface area contributed by atoms with E-state index in [1.807, 2.05) is 19.9 Å². The Labute approximate surface area is 180 Å². The number of nitrogens with one attached hydrogen (secondary N) is 1. The topological polar surface area (TPSA) is 118 Å². The Morgan fingerprint density at radius 3 is 2.55 bits per heavy atom. The van der Waals surface area contributed by atoms with Crippen LogP contribution in [0.5, 0.6) is 0 Å². The summed E-state index contributed by atoms with van der Waals surface area (Å²) in [6.07, 6.45) is 6.84. The van der Waals surface area contributed by atoms with Crippen molar-refractivity contribution in [2.75, 3.05) is 6.54 Å². The van der Waals surface area contributed by atoms with Gasteiger partial charge in [-0.1, -0.05) is 31.8 Å². The van der Waals surface area contributed by atoms with E-state index >= 15 is 0 Å². The van der Waals surface area contributed by atoms with E-state index < -0.39 is 6.04 Å². The highest BCUT2D eigenvalue weighted by molar-refractivity contribution is 6.05. The van der Waals surface area contributed by atoms with Gasteiger partial charge >= 0.3 is 0 Å². The molecule has 1 saturated heterocycles. The van der Waals surface area contributed by atoms with Gasteiger partial charge in [-0.25, -0.2) is 0 Å². The van der Waals surface area contributed by atoms with E-state index in [0.717, 1.165) is 31.2 Å². The van der Waals surface area contributed by atoms with Crippen molar-refractivity contribution in [3.63, 3.8) is 0 Å². The molecule has 0 aromatic carbocycles. The number of rotatable bonds is 7. The average Bonchev–Trinajstić information content (AvgIpc) is 3.35. The number of hydrogen-bond acceptors (Lipinski definition) is 7. The molecular formula is C22H27N5O4. The Morgan fingerprint density at radius 2 is 1.94 bits per heavy atom. The van der Waals surface area contributed by atoms with E-state index in [1.165, 1.54) is 4.90 Å². The van der Waals surface area contributed by atoms with Crippen molar-refractivity contribution < 1.29 is 18.9 Å². The summed E-state index contributed by atoms with van der Waals surface area (Å²) in [5.74, 6) is -0.198. The average molecular weight is 425 g/mol. The highest BCUT2D eigenvalue weighted by Crippen LogP contribution is 2.38. The summed E-state index contributed by atoms with van der Waals surface area (Å²) < 4.78 is 5.40. The van der Waals surface area contributed by atoms with Crippen LogP contribution in [0.25, 0.3) is 11.4 Å². The van der Waals surface area contributed by atoms with Crippen molar-refractivity contribution in [3.8, 4) is 11.4 Å². The minimum atomic E-state index is -0.474. The van der Waals surface area contributed by atoms with E-state index in [4.69, 9.17) is 4.52 Å². The van der Waals surface area contributed by atoms with Crippen LogP contribution in [0, 0.1) is 17.8 Å². The molecule has 0 unspecified atom stereocenters. The van der Waals surface area contributed by atoms with Crippen LogP contribution in [-0.2, 0) is 14.4 Å². The second kappa shape index (κ2) is 8.95. The highest BCUT2D eigenvalue weighted by atomic mass is 16.5. The van der Waals surface area contributed by atoms with Crippen LogP contribution in [-0.4, -0.2) is 44.3 Å². The van der Waals surface area contributed by atoms with Crippen molar-refractivity contribution in [1.29, 1.82) is 0 Å². The lowest BCUT2D eigenvalue weighted by atomic mass is 9.81. The highest BCUT2D eigenvalue weighted by Gasteiger charge is 2.47.